The van der Waals surface area contributed by atoms with E-state index < -0.39 is 0 Å². The normalized spacial score (nSPS) is 13.9. The highest BCUT2D eigenvalue weighted by molar-refractivity contribution is 5.17. The summed E-state index contributed by atoms with van der Waals surface area (Å²) >= 11 is 0. The van der Waals surface area contributed by atoms with Gasteiger partial charge in [-0.1, -0.05) is 25.9 Å². The van der Waals surface area contributed by atoms with Crippen LogP contribution < -0.4 is 11.1 Å². The third-order valence-corrected chi connectivity index (χ3v) is 2.51. The minimum Gasteiger partial charge on any atom is -0.406 e. The van der Waals surface area contributed by atoms with E-state index in [0.29, 0.717) is 11.9 Å². The highest BCUT2D eigenvalue weighted by Crippen LogP contribution is 2.20. The minimum absolute atomic E-state index is 0.216. The van der Waals surface area contributed by atoms with Gasteiger partial charge < -0.3 is 15.5 Å². The largest absolute Gasteiger partial charge is 0.406 e. The molecule has 0 spiro atoms. The minimum atomic E-state index is -0.216. The predicted molar refractivity (Wildman–Crippen MR) is 59.5 cm³/mol. The maximum atomic E-state index is 5.61. The van der Waals surface area contributed by atoms with E-state index in [1.54, 1.807) is 0 Å². The Morgan fingerprint density at radius 3 is 2.60 bits per heavy atom. The lowest BCUT2D eigenvalue weighted by molar-refractivity contribution is 0.370. The van der Waals surface area contributed by atoms with Gasteiger partial charge in [0.25, 0.3) is 0 Å². The van der Waals surface area contributed by atoms with Crippen LogP contribution in [0.1, 0.15) is 46.0 Å². The number of nitrogens with one attached hydrogen (secondary N) is 1. The standard InChI is InChI=1S/C10H20N4O/c1-5-10(3,4)6-12-9-14-13-8(15-9)7(2)11/h7H,5-6,11H2,1-4H3,(H,12,14). The van der Waals surface area contributed by atoms with Crippen molar-refractivity contribution in [2.75, 3.05) is 11.9 Å². The summed E-state index contributed by atoms with van der Waals surface area (Å²) in [6.07, 6.45) is 1.09. The van der Waals surface area contributed by atoms with E-state index in [9.17, 15) is 0 Å². The second-order valence-corrected chi connectivity index (χ2v) is 4.61. The number of aromatic nitrogens is 2. The fourth-order valence-corrected chi connectivity index (χ4v) is 0.930. The maximum Gasteiger partial charge on any atom is 0.315 e. The van der Waals surface area contributed by atoms with Crippen molar-refractivity contribution in [2.45, 2.75) is 40.2 Å². The van der Waals surface area contributed by atoms with Crippen LogP contribution in [0.2, 0.25) is 0 Å². The number of nitrogens with zero attached hydrogens (tertiary/aromatic N) is 2. The molecule has 1 atom stereocenters. The molecule has 1 heterocycles. The highest BCUT2D eigenvalue weighted by Gasteiger charge is 2.16. The Hall–Kier alpha value is -1.10. The van der Waals surface area contributed by atoms with Gasteiger partial charge >= 0.3 is 6.01 Å². The van der Waals surface area contributed by atoms with E-state index in [2.05, 4.69) is 36.3 Å². The first-order chi connectivity index (χ1) is 6.94. The van der Waals surface area contributed by atoms with Gasteiger partial charge in [-0.3, -0.25) is 0 Å². The first kappa shape index (κ1) is 12.0. The molecule has 5 nitrogen and oxygen atoms in total. The topological polar surface area (TPSA) is 77.0 Å². The average Bonchev–Trinajstić information content (AvgIpc) is 2.63. The highest BCUT2D eigenvalue weighted by atomic mass is 16.4. The lowest BCUT2D eigenvalue weighted by Crippen LogP contribution is -2.22. The maximum absolute atomic E-state index is 5.61. The number of nitrogens with two attached hydrogens (primary N) is 1. The smallest absolute Gasteiger partial charge is 0.315 e. The average molecular weight is 212 g/mol. The monoisotopic (exact) mass is 212 g/mol. The molecular formula is C10H20N4O. The Kier molecular flexibility index (Phi) is 3.68. The predicted octanol–water partition coefficient (Wildman–Crippen LogP) is 1.94. The van der Waals surface area contributed by atoms with Crippen molar-refractivity contribution in [1.82, 2.24) is 10.2 Å². The summed E-state index contributed by atoms with van der Waals surface area (Å²) in [6, 6.07) is 0.232. The second kappa shape index (κ2) is 4.61. The van der Waals surface area contributed by atoms with Crippen molar-refractivity contribution in [3.8, 4) is 0 Å². The molecule has 0 aliphatic rings. The fraction of sp³-hybridized carbons (Fsp3) is 0.800. The van der Waals surface area contributed by atoms with Crippen LogP contribution in [0.15, 0.2) is 4.42 Å². The van der Waals surface area contributed by atoms with Crippen LogP contribution in [-0.2, 0) is 0 Å². The van der Waals surface area contributed by atoms with Gasteiger partial charge in [-0.2, -0.15) is 0 Å². The van der Waals surface area contributed by atoms with Gasteiger partial charge in [0.05, 0.1) is 6.04 Å². The molecule has 15 heavy (non-hydrogen) atoms. The molecule has 3 N–H and O–H groups in total. The summed E-state index contributed by atoms with van der Waals surface area (Å²) in [5, 5.41) is 10.8. The summed E-state index contributed by atoms with van der Waals surface area (Å²) in [4.78, 5) is 0. The van der Waals surface area contributed by atoms with Crippen molar-refractivity contribution in [2.24, 2.45) is 11.1 Å². The van der Waals surface area contributed by atoms with E-state index in [-0.39, 0.29) is 11.5 Å². The summed E-state index contributed by atoms with van der Waals surface area (Å²) < 4.78 is 5.33. The molecule has 1 aromatic heterocycles. The number of hydrogen-bond acceptors (Lipinski definition) is 5. The summed E-state index contributed by atoms with van der Waals surface area (Å²) in [5.74, 6) is 0.465. The van der Waals surface area contributed by atoms with Crippen molar-refractivity contribution in [3.05, 3.63) is 5.89 Å². The quantitative estimate of drug-likeness (QED) is 0.780. The van der Waals surface area contributed by atoms with Gasteiger partial charge in [0.2, 0.25) is 5.89 Å². The van der Waals surface area contributed by atoms with Gasteiger partial charge in [0.1, 0.15) is 0 Å². The lowest BCUT2D eigenvalue weighted by atomic mass is 9.90. The van der Waals surface area contributed by atoms with Crippen LogP contribution in [0.5, 0.6) is 0 Å². The van der Waals surface area contributed by atoms with Crippen LogP contribution in [0.25, 0.3) is 0 Å². The van der Waals surface area contributed by atoms with E-state index in [4.69, 9.17) is 10.2 Å². The third-order valence-electron chi connectivity index (χ3n) is 2.51. The molecule has 0 saturated carbocycles. The fourth-order valence-electron chi connectivity index (χ4n) is 0.930. The molecular weight excluding hydrogens is 192 g/mol. The lowest BCUT2D eigenvalue weighted by Gasteiger charge is -2.21. The van der Waals surface area contributed by atoms with Crippen LogP contribution >= 0.6 is 0 Å². The molecule has 1 unspecified atom stereocenters. The van der Waals surface area contributed by atoms with Gasteiger partial charge in [-0.05, 0) is 18.8 Å². The first-order valence-corrected chi connectivity index (χ1v) is 5.27. The van der Waals surface area contributed by atoms with Crippen molar-refractivity contribution >= 4 is 6.01 Å². The summed E-state index contributed by atoms with van der Waals surface area (Å²) in [6.45, 7) is 9.14. The zero-order valence-electron chi connectivity index (χ0n) is 9.87. The molecule has 0 bridgehead atoms. The zero-order valence-corrected chi connectivity index (χ0v) is 9.87. The van der Waals surface area contributed by atoms with Crippen molar-refractivity contribution in [3.63, 3.8) is 0 Å². The molecule has 1 aromatic rings. The van der Waals surface area contributed by atoms with Gasteiger partial charge in [0, 0.05) is 6.54 Å². The Morgan fingerprint density at radius 1 is 1.47 bits per heavy atom. The molecule has 5 heteroatoms. The SMILES string of the molecule is CCC(C)(C)CNc1nnc(C(C)N)o1. The van der Waals surface area contributed by atoms with Crippen LogP contribution in [-0.4, -0.2) is 16.7 Å². The Morgan fingerprint density at radius 2 is 2.13 bits per heavy atom. The molecule has 0 aliphatic carbocycles. The van der Waals surface area contributed by atoms with Crippen molar-refractivity contribution in [1.29, 1.82) is 0 Å². The molecule has 86 valence electrons. The van der Waals surface area contributed by atoms with E-state index in [1.807, 2.05) is 6.92 Å². The van der Waals surface area contributed by atoms with E-state index >= 15 is 0 Å². The molecule has 0 saturated heterocycles. The first-order valence-electron chi connectivity index (χ1n) is 5.27. The second-order valence-electron chi connectivity index (χ2n) is 4.61. The Labute approximate surface area is 90.4 Å². The van der Waals surface area contributed by atoms with Gasteiger partial charge in [-0.25, -0.2) is 0 Å². The van der Waals surface area contributed by atoms with Gasteiger partial charge in [0.15, 0.2) is 0 Å². The van der Waals surface area contributed by atoms with E-state index in [0.717, 1.165) is 13.0 Å². The van der Waals surface area contributed by atoms with Crippen molar-refractivity contribution < 1.29 is 4.42 Å². The Bertz CT molecular complexity index is 306. The molecule has 0 aromatic carbocycles. The molecule has 0 aliphatic heterocycles. The number of anilines is 1. The molecule has 0 radical (unpaired) electrons. The van der Waals surface area contributed by atoms with Crippen LogP contribution in [0.3, 0.4) is 0 Å². The van der Waals surface area contributed by atoms with Gasteiger partial charge in [-0.15, -0.1) is 5.10 Å². The van der Waals surface area contributed by atoms with Crippen LogP contribution in [0, 0.1) is 5.41 Å². The third kappa shape index (κ3) is 3.51. The summed E-state index contributed by atoms with van der Waals surface area (Å²) in [7, 11) is 0. The Balaban J connectivity index is 2.51. The number of hydrogen-bond donors (Lipinski definition) is 2. The zero-order chi connectivity index (χ0) is 11.5. The molecule has 1 rings (SSSR count). The molecule has 0 fully saturated rings. The van der Waals surface area contributed by atoms with E-state index in [1.165, 1.54) is 0 Å². The summed E-state index contributed by atoms with van der Waals surface area (Å²) in [5.41, 5.74) is 5.84. The van der Waals surface area contributed by atoms with Crippen LogP contribution in [0.4, 0.5) is 6.01 Å². The number of rotatable bonds is 5. The molecule has 0 amide bonds.